The van der Waals surface area contributed by atoms with Crippen LogP contribution in [-0.2, 0) is 0 Å². The second-order valence-electron chi connectivity index (χ2n) is 5.65. The number of pyridine rings is 1. The smallest absolute Gasteiger partial charge is 0.230 e. The van der Waals surface area contributed by atoms with Crippen LogP contribution in [0.5, 0.6) is 11.6 Å². The molecule has 0 unspecified atom stereocenters. The first-order chi connectivity index (χ1) is 11.4. The van der Waals surface area contributed by atoms with Gasteiger partial charge in [-0.3, -0.25) is 4.79 Å². The lowest BCUT2D eigenvalue weighted by molar-refractivity contribution is 0.101. The van der Waals surface area contributed by atoms with Crippen LogP contribution in [0.25, 0.3) is 0 Å². The first kappa shape index (κ1) is 20.2. The normalized spacial score (nSPS) is 10.1. The molecule has 1 aromatic heterocycles. The van der Waals surface area contributed by atoms with Crippen LogP contribution >= 0.6 is 11.8 Å². The van der Waals surface area contributed by atoms with Crippen LogP contribution in [0, 0.1) is 11.7 Å². The Labute approximate surface area is 147 Å². The fraction of sp³-hybridized carbons (Fsp3) is 0.368. The number of ether oxygens (including phenoxy) is 1. The quantitative estimate of drug-likeness (QED) is 0.491. The van der Waals surface area contributed by atoms with Gasteiger partial charge in [0, 0.05) is 4.90 Å². The number of carbonyl (C=O) groups is 1. The number of nitrogens with zero attached hydrogens (tertiary/aromatic N) is 1. The van der Waals surface area contributed by atoms with Gasteiger partial charge < -0.3 is 4.74 Å². The van der Waals surface area contributed by atoms with Gasteiger partial charge >= 0.3 is 0 Å². The summed E-state index contributed by atoms with van der Waals surface area (Å²) in [5, 5.41) is 0. The molecule has 0 amide bonds. The number of benzene rings is 1. The molecule has 0 spiro atoms. The highest BCUT2D eigenvalue weighted by atomic mass is 32.2. The van der Waals surface area contributed by atoms with Gasteiger partial charge in [0.25, 0.3) is 0 Å². The minimum Gasteiger partial charge on any atom is -0.438 e. The number of carbonyl (C=O) groups excluding carboxylic acids is 1. The molecule has 0 fully saturated rings. The SMILES string of the molecule is CCC(C)C.CSc1cccc(Oc2ncc(F)cc2C(C)=O)c1. The van der Waals surface area contributed by atoms with Crippen molar-refractivity contribution in [1.29, 1.82) is 0 Å². The van der Waals surface area contributed by atoms with Crippen molar-refractivity contribution < 1.29 is 13.9 Å². The molecule has 0 aliphatic rings. The third-order valence-electron chi connectivity index (χ3n) is 3.27. The molecule has 0 saturated heterocycles. The number of thioether (sulfide) groups is 1. The maximum Gasteiger partial charge on any atom is 0.230 e. The van der Waals surface area contributed by atoms with E-state index in [4.69, 9.17) is 4.74 Å². The number of Topliss-reactive ketones (excluding diaryl/α,β-unsaturated/α-hetero) is 1. The lowest BCUT2D eigenvalue weighted by Crippen LogP contribution is -2.00. The van der Waals surface area contributed by atoms with Crippen LogP contribution in [-0.4, -0.2) is 17.0 Å². The highest BCUT2D eigenvalue weighted by Crippen LogP contribution is 2.27. The second kappa shape index (κ2) is 10.1. The molecule has 0 N–H and O–H groups in total. The van der Waals surface area contributed by atoms with Crippen molar-refractivity contribution in [1.82, 2.24) is 4.98 Å². The van der Waals surface area contributed by atoms with Gasteiger partial charge in [0.05, 0.1) is 11.8 Å². The van der Waals surface area contributed by atoms with Gasteiger partial charge in [-0.15, -0.1) is 11.8 Å². The standard InChI is InChI=1S/C14H12FNO2S.C5H12/c1-9(17)13-6-10(15)8-16-14(13)18-11-4-3-5-12(7-11)19-2;1-4-5(2)3/h3-8H,1-2H3;5H,4H2,1-3H3. The summed E-state index contributed by atoms with van der Waals surface area (Å²) in [6.07, 6.45) is 4.29. The lowest BCUT2D eigenvalue weighted by Gasteiger charge is -2.08. The monoisotopic (exact) mass is 349 g/mol. The fourth-order valence-electron chi connectivity index (χ4n) is 1.54. The van der Waals surface area contributed by atoms with E-state index >= 15 is 0 Å². The molecule has 5 heteroatoms. The molecular weight excluding hydrogens is 325 g/mol. The van der Waals surface area contributed by atoms with Crippen LogP contribution < -0.4 is 4.74 Å². The molecule has 2 rings (SSSR count). The third kappa shape index (κ3) is 6.71. The first-order valence-electron chi connectivity index (χ1n) is 7.85. The highest BCUT2D eigenvalue weighted by Gasteiger charge is 2.12. The first-order valence-corrected chi connectivity index (χ1v) is 9.08. The van der Waals surface area contributed by atoms with E-state index in [1.807, 2.05) is 24.5 Å². The van der Waals surface area contributed by atoms with Crippen molar-refractivity contribution in [3.8, 4) is 11.6 Å². The molecule has 0 radical (unpaired) electrons. The number of hydrogen-bond donors (Lipinski definition) is 0. The molecule has 2 aromatic rings. The third-order valence-corrected chi connectivity index (χ3v) is 3.99. The summed E-state index contributed by atoms with van der Waals surface area (Å²) in [5.41, 5.74) is 0.134. The van der Waals surface area contributed by atoms with Crippen LogP contribution in [0.3, 0.4) is 0 Å². The number of aromatic nitrogens is 1. The molecule has 0 aliphatic carbocycles. The molecule has 1 aromatic carbocycles. The van der Waals surface area contributed by atoms with Crippen LogP contribution in [0.4, 0.5) is 4.39 Å². The van der Waals surface area contributed by atoms with Crippen LogP contribution in [0.2, 0.25) is 0 Å². The van der Waals surface area contributed by atoms with Crippen LogP contribution in [0.15, 0.2) is 41.4 Å². The second-order valence-corrected chi connectivity index (χ2v) is 6.53. The van der Waals surface area contributed by atoms with Gasteiger partial charge in [-0.05, 0) is 43.4 Å². The minimum absolute atomic E-state index is 0.118. The van der Waals surface area contributed by atoms with E-state index in [1.54, 1.807) is 17.8 Å². The zero-order chi connectivity index (χ0) is 18.1. The van der Waals surface area contributed by atoms with Crippen molar-refractivity contribution in [2.75, 3.05) is 6.26 Å². The van der Waals surface area contributed by atoms with Gasteiger partial charge in [-0.1, -0.05) is 33.3 Å². The van der Waals surface area contributed by atoms with Gasteiger partial charge in [0.2, 0.25) is 5.88 Å². The molecule has 130 valence electrons. The summed E-state index contributed by atoms with van der Waals surface area (Å²) in [7, 11) is 0. The molecular formula is C19H24FNO2S. The molecule has 0 atom stereocenters. The topological polar surface area (TPSA) is 39.2 Å². The van der Waals surface area contributed by atoms with Gasteiger partial charge in [0.15, 0.2) is 5.78 Å². The summed E-state index contributed by atoms with van der Waals surface area (Å²) in [4.78, 5) is 16.3. The van der Waals surface area contributed by atoms with E-state index in [2.05, 4.69) is 25.8 Å². The van der Waals surface area contributed by atoms with E-state index in [9.17, 15) is 9.18 Å². The van der Waals surface area contributed by atoms with E-state index in [0.29, 0.717) is 5.75 Å². The van der Waals surface area contributed by atoms with Gasteiger partial charge in [-0.25, -0.2) is 9.37 Å². The zero-order valence-electron chi connectivity index (χ0n) is 14.8. The summed E-state index contributed by atoms with van der Waals surface area (Å²) >= 11 is 1.58. The van der Waals surface area contributed by atoms with E-state index in [0.717, 1.165) is 23.1 Å². The Bertz CT molecular complexity index is 674. The Morgan fingerprint density at radius 3 is 2.54 bits per heavy atom. The Hall–Kier alpha value is -1.88. The largest absolute Gasteiger partial charge is 0.438 e. The van der Waals surface area contributed by atoms with E-state index < -0.39 is 5.82 Å². The average Bonchev–Trinajstić information content (AvgIpc) is 2.57. The number of rotatable bonds is 5. The molecule has 0 aliphatic heterocycles. The van der Waals surface area contributed by atoms with Crippen molar-refractivity contribution in [3.05, 3.63) is 47.9 Å². The highest BCUT2D eigenvalue weighted by molar-refractivity contribution is 7.98. The van der Waals surface area contributed by atoms with Crippen LogP contribution in [0.1, 0.15) is 44.5 Å². The zero-order valence-corrected chi connectivity index (χ0v) is 15.6. The summed E-state index contributed by atoms with van der Waals surface area (Å²) in [6, 6.07) is 8.51. The fourth-order valence-corrected chi connectivity index (χ4v) is 1.99. The van der Waals surface area contributed by atoms with Crippen molar-refractivity contribution in [2.24, 2.45) is 5.92 Å². The number of hydrogen-bond acceptors (Lipinski definition) is 4. The van der Waals surface area contributed by atoms with Crippen molar-refractivity contribution >= 4 is 17.5 Å². The Kier molecular flexibility index (Phi) is 8.47. The van der Waals surface area contributed by atoms with Crippen molar-refractivity contribution in [3.63, 3.8) is 0 Å². The predicted molar refractivity (Wildman–Crippen MR) is 97.6 cm³/mol. The molecule has 0 saturated carbocycles. The molecule has 1 heterocycles. The van der Waals surface area contributed by atoms with Gasteiger partial charge in [-0.2, -0.15) is 0 Å². The summed E-state index contributed by atoms with van der Waals surface area (Å²) < 4.78 is 18.6. The lowest BCUT2D eigenvalue weighted by atomic mass is 10.2. The Morgan fingerprint density at radius 2 is 2.00 bits per heavy atom. The maximum absolute atomic E-state index is 13.1. The summed E-state index contributed by atoms with van der Waals surface area (Å²) in [6.45, 7) is 7.99. The average molecular weight is 349 g/mol. The number of ketones is 1. The van der Waals surface area contributed by atoms with E-state index in [-0.39, 0.29) is 17.2 Å². The Balaban J connectivity index is 0.000000505. The van der Waals surface area contributed by atoms with E-state index in [1.165, 1.54) is 13.3 Å². The predicted octanol–water partition coefficient (Wildman–Crippen LogP) is 5.99. The van der Waals surface area contributed by atoms with Crippen molar-refractivity contribution in [2.45, 2.75) is 39.0 Å². The minimum atomic E-state index is -0.560. The summed E-state index contributed by atoms with van der Waals surface area (Å²) in [5.74, 6) is 0.717. The molecule has 0 bridgehead atoms. The molecule has 3 nitrogen and oxygen atoms in total. The Morgan fingerprint density at radius 1 is 1.33 bits per heavy atom. The maximum atomic E-state index is 13.1. The number of halogens is 1. The van der Waals surface area contributed by atoms with Gasteiger partial charge in [0.1, 0.15) is 11.6 Å². The molecule has 24 heavy (non-hydrogen) atoms.